The Labute approximate surface area is 153 Å². The maximum absolute atomic E-state index is 13.2. The first-order valence-corrected chi connectivity index (χ1v) is 9.45. The Hall–Kier alpha value is -1.17. The van der Waals surface area contributed by atoms with Gasteiger partial charge in [-0.3, -0.25) is 4.79 Å². The van der Waals surface area contributed by atoms with Crippen LogP contribution in [0.15, 0.2) is 18.2 Å². The molecule has 4 nitrogen and oxygen atoms in total. The van der Waals surface area contributed by atoms with Crippen molar-refractivity contribution in [3.05, 3.63) is 34.6 Å². The second-order valence-electron chi connectivity index (χ2n) is 7.35. The van der Waals surface area contributed by atoms with E-state index >= 15 is 0 Å². The van der Waals surface area contributed by atoms with E-state index in [1.54, 1.807) is 0 Å². The summed E-state index contributed by atoms with van der Waals surface area (Å²) >= 11 is 6.19. The molecule has 1 amide bonds. The van der Waals surface area contributed by atoms with Crippen molar-refractivity contribution in [1.29, 1.82) is 0 Å². The number of nitrogens with one attached hydrogen (secondary N) is 1. The highest BCUT2D eigenvalue weighted by atomic mass is 35.5. The lowest BCUT2D eigenvalue weighted by Gasteiger charge is -2.31. The minimum Gasteiger partial charge on any atom is -0.379 e. The Morgan fingerprint density at radius 3 is 2.72 bits per heavy atom. The third-order valence-corrected chi connectivity index (χ3v) is 6.09. The van der Waals surface area contributed by atoms with Crippen LogP contribution in [0.2, 0.25) is 5.02 Å². The molecule has 0 spiro atoms. The molecule has 3 N–H and O–H groups in total. The molecule has 1 aromatic rings. The number of halogens is 2. The molecule has 0 bridgehead atoms. The zero-order valence-corrected chi connectivity index (χ0v) is 15.2. The molecule has 2 aliphatic rings. The Balaban J connectivity index is 1.46. The number of hydrogen-bond donors (Lipinski definition) is 2. The summed E-state index contributed by atoms with van der Waals surface area (Å²) in [5.41, 5.74) is 5.92. The molecule has 1 heterocycles. The van der Waals surface area contributed by atoms with Gasteiger partial charge in [0.15, 0.2) is 0 Å². The van der Waals surface area contributed by atoms with Gasteiger partial charge in [-0.15, -0.1) is 0 Å². The van der Waals surface area contributed by atoms with E-state index in [4.69, 9.17) is 22.1 Å². The van der Waals surface area contributed by atoms with Crippen molar-refractivity contribution >= 4 is 17.5 Å². The first-order chi connectivity index (χ1) is 12.0. The lowest BCUT2D eigenvalue weighted by Crippen LogP contribution is -2.56. The van der Waals surface area contributed by atoms with Gasteiger partial charge in [-0.1, -0.05) is 17.7 Å². The number of rotatable bonds is 6. The van der Waals surface area contributed by atoms with Crippen molar-refractivity contribution in [1.82, 2.24) is 5.32 Å². The van der Waals surface area contributed by atoms with E-state index in [2.05, 4.69) is 5.32 Å². The van der Waals surface area contributed by atoms with E-state index in [1.165, 1.54) is 12.1 Å². The van der Waals surface area contributed by atoms with E-state index < -0.39 is 5.54 Å². The van der Waals surface area contributed by atoms with Crippen molar-refractivity contribution in [2.75, 3.05) is 19.8 Å². The van der Waals surface area contributed by atoms with Crippen LogP contribution in [0.4, 0.5) is 4.39 Å². The quantitative estimate of drug-likeness (QED) is 0.809. The molecule has 138 valence electrons. The average molecular weight is 369 g/mol. The molecule has 3 rings (SSSR count). The van der Waals surface area contributed by atoms with E-state index in [0.29, 0.717) is 36.5 Å². The van der Waals surface area contributed by atoms with Gasteiger partial charge in [-0.25, -0.2) is 4.39 Å². The van der Waals surface area contributed by atoms with Gasteiger partial charge in [-0.2, -0.15) is 0 Å². The summed E-state index contributed by atoms with van der Waals surface area (Å²) in [6.45, 7) is 1.73. The zero-order valence-electron chi connectivity index (χ0n) is 14.4. The molecule has 1 aromatic carbocycles. The number of benzene rings is 1. The number of ether oxygens (including phenoxy) is 1. The van der Waals surface area contributed by atoms with Crippen molar-refractivity contribution < 1.29 is 13.9 Å². The van der Waals surface area contributed by atoms with Gasteiger partial charge in [0.2, 0.25) is 5.91 Å². The monoisotopic (exact) mass is 368 g/mol. The fourth-order valence-electron chi connectivity index (χ4n) is 4.10. The minimum atomic E-state index is -0.682. The van der Waals surface area contributed by atoms with Gasteiger partial charge >= 0.3 is 0 Å². The molecule has 25 heavy (non-hydrogen) atoms. The van der Waals surface area contributed by atoms with Gasteiger partial charge < -0.3 is 15.8 Å². The Kier molecular flexibility index (Phi) is 5.97. The summed E-state index contributed by atoms with van der Waals surface area (Å²) in [4.78, 5) is 11.7. The predicted molar refractivity (Wildman–Crippen MR) is 96.1 cm³/mol. The van der Waals surface area contributed by atoms with Crippen LogP contribution in [-0.2, 0) is 9.53 Å². The van der Waals surface area contributed by atoms with Crippen LogP contribution < -0.4 is 11.1 Å². The Morgan fingerprint density at radius 2 is 2.12 bits per heavy atom. The molecule has 1 saturated carbocycles. The van der Waals surface area contributed by atoms with Crippen molar-refractivity contribution in [2.24, 2.45) is 11.7 Å². The first kappa shape index (κ1) is 18.6. The van der Waals surface area contributed by atoms with Crippen LogP contribution in [0.5, 0.6) is 0 Å². The second kappa shape index (κ2) is 8.02. The maximum atomic E-state index is 13.2. The zero-order chi connectivity index (χ0) is 17.9. The van der Waals surface area contributed by atoms with Crippen molar-refractivity contribution in [2.45, 2.75) is 50.0 Å². The third-order valence-electron chi connectivity index (χ3n) is 5.76. The minimum absolute atomic E-state index is 0.284. The molecule has 1 aliphatic carbocycles. The third kappa shape index (κ3) is 4.33. The first-order valence-electron chi connectivity index (χ1n) is 9.08. The topological polar surface area (TPSA) is 64.4 Å². The van der Waals surface area contributed by atoms with Crippen LogP contribution in [0, 0.1) is 11.7 Å². The van der Waals surface area contributed by atoms with Crippen LogP contribution in [0.3, 0.4) is 0 Å². The number of carbonyl (C=O) groups excluding carboxylic acids is 1. The Bertz CT molecular complexity index is 611. The van der Waals surface area contributed by atoms with Crippen LogP contribution >= 0.6 is 11.6 Å². The summed E-state index contributed by atoms with van der Waals surface area (Å²) in [5.74, 6) is 0.445. The maximum Gasteiger partial charge on any atom is 0.240 e. The molecule has 6 heteroatoms. The van der Waals surface area contributed by atoms with Crippen LogP contribution in [0.1, 0.15) is 50.0 Å². The number of primary amides is 1. The highest BCUT2D eigenvalue weighted by Crippen LogP contribution is 2.39. The largest absolute Gasteiger partial charge is 0.379 e. The fourth-order valence-corrected chi connectivity index (χ4v) is 4.42. The summed E-state index contributed by atoms with van der Waals surface area (Å²) in [5, 5.41) is 3.87. The number of amides is 1. The van der Waals surface area contributed by atoms with E-state index in [9.17, 15) is 9.18 Å². The Morgan fingerprint density at radius 1 is 1.36 bits per heavy atom. The molecule has 1 aliphatic heterocycles. The number of carbonyl (C=O) groups is 1. The molecule has 0 radical (unpaired) electrons. The van der Waals surface area contributed by atoms with Crippen LogP contribution in [-0.4, -0.2) is 31.2 Å². The van der Waals surface area contributed by atoms with Crippen molar-refractivity contribution in [3.8, 4) is 0 Å². The predicted octanol–water partition coefficient (Wildman–Crippen LogP) is 3.38. The normalized spacial score (nSPS) is 29.7. The van der Waals surface area contributed by atoms with Gasteiger partial charge in [0.1, 0.15) is 11.4 Å². The molecule has 0 aromatic heterocycles. The van der Waals surface area contributed by atoms with E-state index in [0.717, 1.165) is 44.2 Å². The molecule has 1 atom stereocenters. The summed E-state index contributed by atoms with van der Waals surface area (Å²) in [6, 6.07) is 4.71. The summed E-state index contributed by atoms with van der Waals surface area (Å²) in [7, 11) is 0. The van der Waals surface area contributed by atoms with Gasteiger partial charge in [0.05, 0.1) is 6.61 Å². The van der Waals surface area contributed by atoms with E-state index in [-0.39, 0.29) is 11.7 Å². The average Bonchev–Trinajstić information content (AvgIpc) is 3.06. The molecular formula is C19H26ClFN2O2. The van der Waals surface area contributed by atoms with Gasteiger partial charge in [0.25, 0.3) is 0 Å². The molecule has 2 fully saturated rings. The van der Waals surface area contributed by atoms with E-state index in [1.807, 2.05) is 6.07 Å². The molecular weight excluding hydrogens is 343 g/mol. The SMILES string of the molecule is NC(=O)C1(NCCC2CCC(c3ccc(F)cc3Cl)CC2)CCOC1. The number of nitrogens with two attached hydrogens (primary N) is 1. The second-order valence-corrected chi connectivity index (χ2v) is 7.76. The highest BCUT2D eigenvalue weighted by Gasteiger charge is 2.40. The standard InChI is InChI=1S/C19H26ClFN2O2/c20-17-11-15(21)5-6-16(17)14-3-1-13(2-4-14)7-9-23-19(18(22)24)8-10-25-12-19/h5-6,11,13-14,23H,1-4,7-10,12H2,(H2,22,24). The lowest BCUT2D eigenvalue weighted by atomic mass is 9.77. The number of hydrogen-bond acceptors (Lipinski definition) is 3. The fraction of sp³-hybridized carbons (Fsp3) is 0.632. The molecule has 1 saturated heterocycles. The van der Waals surface area contributed by atoms with Gasteiger partial charge in [-0.05, 0) is 68.2 Å². The van der Waals surface area contributed by atoms with Crippen LogP contribution in [0.25, 0.3) is 0 Å². The van der Waals surface area contributed by atoms with Crippen molar-refractivity contribution in [3.63, 3.8) is 0 Å². The highest BCUT2D eigenvalue weighted by molar-refractivity contribution is 6.31. The summed E-state index contributed by atoms with van der Waals surface area (Å²) < 4.78 is 18.5. The van der Waals surface area contributed by atoms with Gasteiger partial charge in [0, 0.05) is 18.1 Å². The summed E-state index contributed by atoms with van der Waals surface area (Å²) in [6.07, 6.45) is 6.07. The lowest BCUT2D eigenvalue weighted by molar-refractivity contribution is -0.124. The molecule has 1 unspecified atom stereocenters. The smallest absolute Gasteiger partial charge is 0.240 e.